The molecule has 0 atom stereocenters. The predicted molar refractivity (Wildman–Crippen MR) is 60.3 cm³/mol. The van der Waals surface area contributed by atoms with Gasteiger partial charge >= 0.3 is 0 Å². The maximum atomic E-state index is 12.0. The molecule has 0 unspecified atom stereocenters. The van der Waals surface area contributed by atoms with Crippen LogP contribution in [-0.4, -0.2) is 12.1 Å². The molecule has 82 valence electrons. The Bertz CT molecular complexity index is 476. The third kappa shape index (κ3) is 2.54. The predicted octanol–water partition coefficient (Wildman–Crippen LogP) is 2.60. The molecule has 0 heterocycles. The summed E-state index contributed by atoms with van der Waals surface area (Å²) in [6, 6.07) is 6.43. The second kappa shape index (κ2) is 4.28. The van der Waals surface area contributed by atoms with Gasteiger partial charge < -0.3 is 0 Å². The fourth-order valence-electron chi connectivity index (χ4n) is 1.35. The summed E-state index contributed by atoms with van der Waals surface area (Å²) in [4.78, 5) is 22.7. The van der Waals surface area contributed by atoms with Crippen molar-refractivity contribution in [3.05, 3.63) is 34.9 Å². The number of nitrogens with zero attached hydrogens (tertiary/aromatic N) is 1. The van der Waals surface area contributed by atoms with Crippen LogP contribution in [0.15, 0.2) is 18.2 Å². The van der Waals surface area contributed by atoms with E-state index in [1.165, 1.54) is 18.2 Å². The van der Waals surface area contributed by atoms with Gasteiger partial charge in [0, 0.05) is 16.5 Å². The van der Waals surface area contributed by atoms with Crippen molar-refractivity contribution < 1.29 is 9.59 Å². The highest BCUT2D eigenvalue weighted by atomic mass is 16.1. The van der Waals surface area contributed by atoms with Gasteiger partial charge in [0.1, 0.15) is 6.29 Å². The summed E-state index contributed by atoms with van der Waals surface area (Å²) in [6.07, 6.45) is 0.639. The highest BCUT2D eigenvalue weighted by molar-refractivity contribution is 6.01. The Morgan fingerprint density at radius 3 is 2.38 bits per heavy atom. The van der Waals surface area contributed by atoms with E-state index in [9.17, 15) is 9.59 Å². The Morgan fingerprint density at radius 1 is 1.31 bits per heavy atom. The number of ketones is 1. The second-order valence-electron chi connectivity index (χ2n) is 4.65. The van der Waals surface area contributed by atoms with Gasteiger partial charge in [0.05, 0.1) is 11.6 Å². The van der Waals surface area contributed by atoms with E-state index in [0.29, 0.717) is 23.0 Å². The second-order valence-corrected chi connectivity index (χ2v) is 4.65. The number of Topliss-reactive ketones (excluding diaryl/α,β-unsaturated/α-hetero) is 1. The van der Waals surface area contributed by atoms with Crippen molar-refractivity contribution in [1.29, 1.82) is 5.26 Å². The van der Waals surface area contributed by atoms with Gasteiger partial charge in [-0.05, 0) is 18.2 Å². The first kappa shape index (κ1) is 12.1. The van der Waals surface area contributed by atoms with E-state index in [4.69, 9.17) is 5.26 Å². The number of carbonyl (C=O) groups is 2. The van der Waals surface area contributed by atoms with E-state index in [-0.39, 0.29) is 5.78 Å². The van der Waals surface area contributed by atoms with Crippen LogP contribution in [0.5, 0.6) is 0 Å². The fraction of sp³-hybridized carbons (Fsp3) is 0.308. The van der Waals surface area contributed by atoms with E-state index in [0.717, 1.165) is 0 Å². The van der Waals surface area contributed by atoms with Crippen LogP contribution in [0.3, 0.4) is 0 Å². The van der Waals surface area contributed by atoms with E-state index >= 15 is 0 Å². The normalized spacial score (nSPS) is 10.6. The molecule has 0 radical (unpaired) electrons. The van der Waals surface area contributed by atoms with Gasteiger partial charge in [0.15, 0.2) is 5.78 Å². The van der Waals surface area contributed by atoms with Crippen molar-refractivity contribution >= 4 is 12.1 Å². The molecule has 0 fully saturated rings. The van der Waals surface area contributed by atoms with E-state index < -0.39 is 5.41 Å². The molecule has 1 rings (SSSR count). The summed E-state index contributed by atoms with van der Waals surface area (Å²) < 4.78 is 0. The van der Waals surface area contributed by atoms with Crippen molar-refractivity contribution in [2.45, 2.75) is 20.8 Å². The zero-order valence-corrected chi connectivity index (χ0v) is 9.57. The summed E-state index contributed by atoms with van der Waals surface area (Å²) in [5, 5.41) is 8.79. The van der Waals surface area contributed by atoms with Crippen LogP contribution in [0.25, 0.3) is 0 Å². The molecule has 0 aliphatic heterocycles. The average Bonchev–Trinajstić information content (AvgIpc) is 2.26. The van der Waals surface area contributed by atoms with Crippen LogP contribution in [0.2, 0.25) is 0 Å². The summed E-state index contributed by atoms with van der Waals surface area (Å²) in [7, 11) is 0. The average molecular weight is 215 g/mol. The summed E-state index contributed by atoms with van der Waals surface area (Å²) >= 11 is 0. The number of aldehydes is 1. The first-order valence-corrected chi connectivity index (χ1v) is 4.93. The lowest BCUT2D eigenvalue weighted by molar-refractivity contribution is 0.0858. The molecule has 16 heavy (non-hydrogen) atoms. The smallest absolute Gasteiger partial charge is 0.168 e. The first-order chi connectivity index (χ1) is 7.38. The Hall–Kier alpha value is -1.95. The molecule has 0 aromatic heterocycles. The molecule has 0 aliphatic rings. The van der Waals surface area contributed by atoms with Crippen LogP contribution in [-0.2, 0) is 0 Å². The maximum absolute atomic E-state index is 12.0. The third-order valence-electron chi connectivity index (χ3n) is 2.16. The minimum Gasteiger partial charge on any atom is -0.298 e. The van der Waals surface area contributed by atoms with Crippen LogP contribution < -0.4 is 0 Å². The molecule has 0 saturated carbocycles. The number of benzene rings is 1. The van der Waals surface area contributed by atoms with E-state index in [1.807, 2.05) is 6.07 Å². The van der Waals surface area contributed by atoms with Crippen molar-refractivity contribution in [3.8, 4) is 6.07 Å². The fourth-order valence-corrected chi connectivity index (χ4v) is 1.35. The molecule has 0 bridgehead atoms. The molecule has 0 aliphatic carbocycles. The standard InChI is InChI=1S/C13H13NO2/c1-13(2,3)12(16)11-5-9(7-14)4-10(6-11)8-15/h4-6,8H,1-3H3. The number of hydrogen-bond donors (Lipinski definition) is 0. The van der Waals surface area contributed by atoms with Crippen molar-refractivity contribution in [2.24, 2.45) is 5.41 Å². The van der Waals surface area contributed by atoms with Gasteiger partial charge in [0.2, 0.25) is 0 Å². The Balaban J connectivity index is 3.30. The number of nitriles is 1. The van der Waals surface area contributed by atoms with Gasteiger partial charge in [0.25, 0.3) is 0 Å². The third-order valence-corrected chi connectivity index (χ3v) is 2.16. The number of rotatable bonds is 2. The van der Waals surface area contributed by atoms with Gasteiger partial charge in [-0.1, -0.05) is 20.8 Å². The topological polar surface area (TPSA) is 57.9 Å². The van der Waals surface area contributed by atoms with Gasteiger partial charge in [-0.2, -0.15) is 5.26 Å². The first-order valence-electron chi connectivity index (χ1n) is 4.93. The number of hydrogen-bond acceptors (Lipinski definition) is 3. The Kier molecular flexibility index (Phi) is 3.24. The molecule has 1 aromatic rings. The van der Waals surface area contributed by atoms with Crippen molar-refractivity contribution in [2.75, 3.05) is 0 Å². The molecular weight excluding hydrogens is 202 g/mol. The van der Waals surface area contributed by atoms with Gasteiger partial charge in [-0.25, -0.2) is 0 Å². The summed E-state index contributed by atoms with van der Waals surface area (Å²) in [5.41, 5.74) is 0.575. The SMILES string of the molecule is CC(C)(C)C(=O)c1cc(C#N)cc(C=O)c1. The molecule has 0 saturated heterocycles. The molecule has 3 nitrogen and oxygen atoms in total. The van der Waals surface area contributed by atoms with E-state index in [2.05, 4.69) is 0 Å². The van der Waals surface area contributed by atoms with Crippen LogP contribution >= 0.6 is 0 Å². The minimum absolute atomic E-state index is 0.0762. The van der Waals surface area contributed by atoms with Crippen LogP contribution in [0.4, 0.5) is 0 Å². The minimum atomic E-state index is -0.520. The Morgan fingerprint density at radius 2 is 1.94 bits per heavy atom. The van der Waals surface area contributed by atoms with Gasteiger partial charge in [-0.15, -0.1) is 0 Å². The van der Waals surface area contributed by atoms with Crippen molar-refractivity contribution in [1.82, 2.24) is 0 Å². The van der Waals surface area contributed by atoms with Crippen molar-refractivity contribution in [3.63, 3.8) is 0 Å². The maximum Gasteiger partial charge on any atom is 0.168 e. The lowest BCUT2D eigenvalue weighted by Gasteiger charge is -2.16. The molecule has 1 aromatic carbocycles. The Labute approximate surface area is 94.7 Å². The number of carbonyl (C=O) groups excluding carboxylic acids is 2. The quantitative estimate of drug-likeness (QED) is 0.562. The molecular formula is C13H13NO2. The van der Waals surface area contributed by atoms with Gasteiger partial charge in [-0.3, -0.25) is 9.59 Å². The van der Waals surface area contributed by atoms with Crippen LogP contribution in [0, 0.1) is 16.7 Å². The van der Waals surface area contributed by atoms with Crippen LogP contribution in [0.1, 0.15) is 47.1 Å². The lowest BCUT2D eigenvalue weighted by Crippen LogP contribution is -2.20. The summed E-state index contributed by atoms with van der Waals surface area (Å²) in [5.74, 6) is -0.0762. The molecule has 0 spiro atoms. The largest absolute Gasteiger partial charge is 0.298 e. The molecule has 0 N–H and O–H groups in total. The molecule has 0 amide bonds. The lowest BCUT2D eigenvalue weighted by atomic mass is 9.85. The zero-order chi connectivity index (χ0) is 12.3. The monoisotopic (exact) mass is 215 g/mol. The highest BCUT2D eigenvalue weighted by Crippen LogP contribution is 2.22. The summed E-state index contributed by atoms with van der Waals surface area (Å²) in [6.45, 7) is 5.40. The highest BCUT2D eigenvalue weighted by Gasteiger charge is 2.23. The van der Waals surface area contributed by atoms with E-state index in [1.54, 1.807) is 20.8 Å². The zero-order valence-electron chi connectivity index (χ0n) is 9.57. The molecule has 3 heteroatoms.